The number of aryl methyl sites for hydroxylation is 1. The summed E-state index contributed by atoms with van der Waals surface area (Å²) >= 11 is 1.41. The van der Waals surface area contributed by atoms with Gasteiger partial charge in [0.25, 0.3) is 5.56 Å². The number of thiophene rings is 1. The summed E-state index contributed by atoms with van der Waals surface area (Å²) in [6.07, 6.45) is 9.89. The molecule has 2 saturated heterocycles. The number of allylic oxidation sites excluding steroid dienone is 1. The van der Waals surface area contributed by atoms with E-state index in [-0.39, 0.29) is 58.4 Å². The zero-order valence-corrected chi connectivity index (χ0v) is 29.3. The third-order valence-corrected chi connectivity index (χ3v) is 11.9. The van der Waals surface area contributed by atoms with Crippen molar-refractivity contribution >= 4 is 45.5 Å². The third kappa shape index (κ3) is 5.97. The van der Waals surface area contributed by atoms with Crippen molar-refractivity contribution in [1.29, 1.82) is 5.26 Å². The zero-order chi connectivity index (χ0) is 35.2. The summed E-state index contributed by atoms with van der Waals surface area (Å²) in [5.74, 6) is 0.550. The van der Waals surface area contributed by atoms with Gasteiger partial charge in [0, 0.05) is 47.1 Å². The third-order valence-electron chi connectivity index (χ3n) is 10.9. The number of nitrogens with zero attached hydrogens (tertiary/aromatic N) is 6. The minimum atomic E-state index is -0.857. The lowest BCUT2D eigenvalue weighted by molar-refractivity contribution is -0.122. The molecule has 1 spiro atoms. The van der Waals surface area contributed by atoms with Crippen LogP contribution in [-0.2, 0) is 21.4 Å². The van der Waals surface area contributed by atoms with Gasteiger partial charge in [-0.15, -0.1) is 11.3 Å². The van der Waals surface area contributed by atoms with Crippen molar-refractivity contribution in [1.82, 2.24) is 19.4 Å². The van der Waals surface area contributed by atoms with Gasteiger partial charge in [0.15, 0.2) is 17.4 Å². The normalized spacial score (nSPS) is 25.6. The van der Waals surface area contributed by atoms with Gasteiger partial charge in [0.1, 0.15) is 22.9 Å². The molecule has 13 nitrogen and oxygen atoms in total. The molecule has 14 heteroatoms. The number of carbonyl (C=O) groups is 1. The van der Waals surface area contributed by atoms with Crippen molar-refractivity contribution in [3.63, 3.8) is 0 Å². The number of hydrogen-bond donors (Lipinski definition) is 3. The summed E-state index contributed by atoms with van der Waals surface area (Å²) in [7, 11) is 2.08. The average Bonchev–Trinajstić information content (AvgIpc) is 3.87. The maximum atomic E-state index is 14.6. The Morgan fingerprint density at radius 3 is 2.74 bits per heavy atom. The molecule has 7 rings (SSSR count). The standard InChI is InChI=1S/C36H43N9O4S/c1-20(25-7-5-13-44(25)2)49-28-16-27(41-18-21-9-14-45(35(47)30(21)38)22-10-15-48-19-22)42-34(43-28)31(39)23-6-3-11-36(32(23)46)12-4-8-26-29(36)24(17-37)33(40)50-26/h9,14,16,18,20,22,25H,3-8,10-13,15,19,38-40H2,1-2H3/t20-,22+,25-,36-/m0/s1. The quantitative estimate of drug-likeness (QED) is 0.238. The number of carbonyl (C=O) groups excluding carboxylic acids is 1. The van der Waals surface area contributed by atoms with Crippen LogP contribution in [0, 0.1) is 11.3 Å². The fourth-order valence-corrected chi connectivity index (χ4v) is 9.40. The summed E-state index contributed by atoms with van der Waals surface area (Å²) in [6, 6.07) is 5.80. The Bertz CT molecular complexity index is 1990. The Morgan fingerprint density at radius 1 is 1.22 bits per heavy atom. The van der Waals surface area contributed by atoms with Crippen LogP contribution in [0.3, 0.4) is 0 Å². The molecule has 6 N–H and O–H groups in total. The van der Waals surface area contributed by atoms with E-state index in [1.54, 1.807) is 22.9 Å². The number of ketones is 1. The molecule has 0 bridgehead atoms. The summed E-state index contributed by atoms with van der Waals surface area (Å²) in [6.45, 7) is 4.08. The number of aromatic nitrogens is 3. The topological polar surface area (TPSA) is 201 Å². The number of aliphatic imine (C=N–C) groups is 1. The van der Waals surface area contributed by atoms with Crippen LogP contribution in [0.1, 0.15) is 91.7 Å². The van der Waals surface area contributed by atoms with E-state index in [0.717, 1.165) is 49.1 Å². The Balaban J connectivity index is 1.27. The molecule has 2 aliphatic heterocycles. The molecule has 3 fully saturated rings. The Kier molecular flexibility index (Phi) is 9.23. The number of likely N-dealkylation sites (N-methyl/N-ethyl adjacent to an activating group) is 1. The largest absolute Gasteiger partial charge is 0.473 e. The minimum Gasteiger partial charge on any atom is -0.473 e. The molecular formula is C36H43N9O4S. The van der Waals surface area contributed by atoms with Crippen LogP contribution >= 0.6 is 11.3 Å². The molecule has 0 aromatic carbocycles. The Labute approximate surface area is 294 Å². The summed E-state index contributed by atoms with van der Waals surface area (Å²) in [5.41, 5.74) is 20.6. The maximum absolute atomic E-state index is 14.6. The van der Waals surface area contributed by atoms with Crippen LogP contribution in [0.15, 0.2) is 33.7 Å². The first-order chi connectivity index (χ1) is 24.1. The molecule has 0 amide bonds. The Morgan fingerprint density at radius 2 is 2.02 bits per heavy atom. The highest BCUT2D eigenvalue weighted by Crippen LogP contribution is 2.52. The smallest absolute Gasteiger partial charge is 0.274 e. The van der Waals surface area contributed by atoms with Crippen molar-refractivity contribution in [2.45, 2.75) is 88.3 Å². The lowest BCUT2D eigenvalue weighted by Crippen LogP contribution is -2.43. The van der Waals surface area contributed by atoms with Crippen molar-refractivity contribution in [3.05, 3.63) is 61.6 Å². The van der Waals surface area contributed by atoms with Crippen LogP contribution in [0.4, 0.5) is 16.5 Å². The number of hydrogen-bond acceptors (Lipinski definition) is 13. The highest BCUT2D eigenvalue weighted by Gasteiger charge is 2.49. The van der Waals surface area contributed by atoms with Crippen LogP contribution < -0.4 is 27.5 Å². The highest BCUT2D eigenvalue weighted by atomic mass is 32.1. The van der Waals surface area contributed by atoms with Gasteiger partial charge in [0.2, 0.25) is 5.88 Å². The molecule has 2 aliphatic carbocycles. The molecule has 1 saturated carbocycles. The number of pyridine rings is 1. The number of likely N-dealkylation sites (tertiary alicyclic amines) is 1. The number of nitrogens with two attached hydrogens (primary N) is 3. The molecule has 0 unspecified atom stereocenters. The molecule has 262 valence electrons. The molecule has 4 atom stereocenters. The van der Waals surface area contributed by atoms with Crippen LogP contribution in [0.5, 0.6) is 5.88 Å². The van der Waals surface area contributed by atoms with Crippen molar-refractivity contribution < 1.29 is 14.3 Å². The van der Waals surface area contributed by atoms with Gasteiger partial charge < -0.3 is 31.2 Å². The number of ether oxygens (including phenoxy) is 2. The number of rotatable bonds is 7. The zero-order valence-electron chi connectivity index (χ0n) is 28.5. The van der Waals surface area contributed by atoms with E-state index < -0.39 is 5.41 Å². The molecule has 3 aromatic heterocycles. The molecule has 50 heavy (non-hydrogen) atoms. The maximum Gasteiger partial charge on any atom is 0.274 e. The first-order valence-electron chi connectivity index (χ1n) is 17.3. The lowest BCUT2D eigenvalue weighted by Gasteiger charge is -2.40. The van der Waals surface area contributed by atoms with Crippen LogP contribution in [0.25, 0.3) is 5.70 Å². The summed E-state index contributed by atoms with van der Waals surface area (Å²) in [5, 5.41) is 10.5. The van der Waals surface area contributed by atoms with E-state index in [1.165, 1.54) is 17.6 Å². The average molecular weight is 698 g/mol. The SMILES string of the molecule is C[C@H](Oc1cc(N=Cc2ccn([C@@H]3CCOC3)c(=O)c2N)nc(C(N)=C2CCC[C@@]3(CCCc4sc(N)c(C#N)c43)C2=O)n1)[C@@H]1CCCN1C. The predicted octanol–water partition coefficient (Wildman–Crippen LogP) is 4.01. The second-order valence-electron chi connectivity index (χ2n) is 13.8. The summed E-state index contributed by atoms with van der Waals surface area (Å²) in [4.78, 5) is 44.9. The number of nitrogen functional groups attached to an aromatic ring is 2. The van der Waals surface area contributed by atoms with Gasteiger partial charge >= 0.3 is 0 Å². The molecule has 4 aliphatic rings. The minimum absolute atomic E-state index is 0.0535. The van der Waals surface area contributed by atoms with E-state index in [0.29, 0.717) is 60.6 Å². The molecule has 0 radical (unpaired) electrons. The Hall–Kier alpha value is -4.58. The second-order valence-corrected chi connectivity index (χ2v) is 15.0. The van der Waals surface area contributed by atoms with Gasteiger partial charge in [-0.05, 0) is 89.9 Å². The molecular weight excluding hydrogens is 655 g/mol. The monoisotopic (exact) mass is 697 g/mol. The van der Waals surface area contributed by atoms with E-state index in [2.05, 4.69) is 28.0 Å². The van der Waals surface area contributed by atoms with Gasteiger partial charge in [0.05, 0.1) is 29.3 Å². The van der Waals surface area contributed by atoms with Gasteiger partial charge in [-0.1, -0.05) is 0 Å². The van der Waals surface area contributed by atoms with E-state index in [9.17, 15) is 14.9 Å². The first-order valence-corrected chi connectivity index (χ1v) is 18.2. The summed E-state index contributed by atoms with van der Waals surface area (Å²) < 4.78 is 13.5. The predicted molar refractivity (Wildman–Crippen MR) is 193 cm³/mol. The van der Waals surface area contributed by atoms with Crippen LogP contribution in [0.2, 0.25) is 0 Å². The number of fused-ring (bicyclic) bond motifs is 2. The number of Topliss-reactive ketones (excluding diaryl/α,β-unsaturated/α-hetero) is 1. The molecule has 3 aromatic rings. The van der Waals surface area contributed by atoms with Crippen molar-refractivity contribution in [2.24, 2.45) is 10.7 Å². The fourth-order valence-electron chi connectivity index (χ4n) is 8.23. The lowest BCUT2D eigenvalue weighted by atomic mass is 9.61. The fraction of sp³-hybridized carbons (Fsp3) is 0.500. The van der Waals surface area contributed by atoms with E-state index >= 15 is 0 Å². The van der Waals surface area contributed by atoms with Crippen molar-refractivity contribution in [3.8, 4) is 11.9 Å². The van der Waals surface area contributed by atoms with Gasteiger partial charge in [-0.25, -0.2) is 9.98 Å². The highest BCUT2D eigenvalue weighted by molar-refractivity contribution is 7.16. The molecule has 5 heterocycles. The second kappa shape index (κ2) is 13.6. The van der Waals surface area contributed by atoms with Crippen molar-refractivity contribution in [2.75, 3.05) is 38.3 Å². The van der Waals surface area contributed by atoms with Gasteiger partial charge in [-0.3, -0.25) is 14.5 Å². The number of nitriles is 1. The first kappa shape index (κ1) is 33.9. The number of anilines is 2. The van der Waals surface area contributed by atoms with E-state index in [4.69, 9.17) is 31.7 Å². The van der Waals surface area contributed by atoms with E-state index in [1.807, 2.05) is 6.92 Å². The van der Waals surface area contributed by atoms with Crippen LogP contribution in [-0.4, -0.2) is 70.4 Å². The van der Waals surface area contributed by atoms with Gasteiger partial charge in [-0.2, -0.15) is 10.2 Å².